The van der Waals surface area contributed by atoms with Gasteiger partial charge in [0, 0.05) is 35.8 Å². The van der Waals surface area contributed by atoms with Crippen molar-refractivity contribution in [2.24, 2.45) is 7.05 Å². The first kappa shape index (κ1) is 19.1. The molecule has 0 unspecified atom stereocenters. The number of thiazole rings is 1. The van der Waals surface area contributed by atoms with Crippen LogP contribution in [0.1, 0.15) is 34.7 Å². The fraction of sp³-hybridized carbons (Fsp3) is 0.222. The SMILES string of the molecule is CC(C)NC(=O)c1ccc(Cl)c(NC(=O)c2csc(-c3cnn(C)c3)n2)c1. The standard InChI is InChI=1S/C18H18ClN5O2S/c1-10(2)21-16(25)11-4-5-13(19)14(6-11)22-17(26)15-9-27-18(23-15)12-7-20-24(3)8-12/h4-10H,1-3H3,(H,21,25)(H,22,26). The average molecular weight is 404 g/mol. The lowest BCUT2D eigenvalue weighted by Crippen LogP contribution is -2.30. The smallest absolute Gasteiger partial charge is 0.275 e. The maximum Gasteiger partial charge on any atom is 0.275 e. The third-order valence-electron chi connectivity index (χ3n) is 3.59. The Morgan fingerprint density at radius 1 is 1.26 bits per heavy atom. The molecule has 0 spiro atoms. The number of aryl methyl sites for hydroxylation is 1. The van der Waals surface area contributed by atoms with Crippen LogP contribution in [0.5, 0.6) is 0 Å². The van der Waals surface area contributed by atoms with Crippen molar-refractivity contribution in [3.05, 3.63) is 52.3 Å². The van der Waals surface area contributed by atoms with Crippen LogP contribution < -0.4 is 10.6 Å². The fourth-order valence-electron chi connectivity index (χ4n) is 2.34. The van der Waals surface area contributed by atoms with Crippen molar-refractivity contribution in [2.45, 2.75) is 19.9 Å². The Morgan fingerprint density at radius 2 is 2.04 bits per heavy atom. The Kier molecular flexibility index (Phi) is 5.57. The number of carbonyl (C=O) groups is 2. The Hall–Kier alpha value is -2.71. The predicted octanol–water partition coefficient (Wildman–Crippen LogP) is 3.59. The van der Waals surface area contributed by atoms with Gasteiger partial charge in [-0.1, -0.05) is 11.6 Å². The topological polar surface area (TPSA) is 88.9 Å². The van der Waals surface area contributed by atoms with E-state index in [-0.39, 0.29) is 17.6 Å². The number of hydrogen-bond acceptors (Lipinski definition) is 5. The van der Waals surface area contributed by atoms with E-state index in [0.717, 1.165) is 5.56 Å². The van der Waals surface area contributed by atoms with Gasteiger partial charge >= 0.3 is 0 Å². The maximum atomic E-state index is 12.5. The largest absolute Gasteiger partial charge is 0.350 e. The molecule has 0 fully saturated rings. The van der Waals surface area contributed by atoms with Gasteiger partial charge in [-0.25, -0.2) is 4.98 Å². The highest BCUT2D eigenvalue weighted by Gasteiger charge is 2.16. The molecule has 0 aliphatic heterocycles. The number of carbonyl (C=O) groups excluding carboxylic acids is 2. The number of aromatic nitrogens is 3. The Morgan fingerprint density at radius 3 is 2.70 bits per heavy atom. The highest BCUT2D eigenvalue weighted by atomic mass is 35.5. The zero-order chi connectivity index (χ0) is 19.6. The minimum absolute atomic E-state index is 0.00660. The number of halogens is 1. The molecule has 27 heavy (non-hydrogen) atoms. The van der Waals surface area contributed by atoms with Crippen LogP contribution in [0.4, 0.5) is 5.69 Å². The van der Waals surface area contributed by atoms with E-state index >= 15 is 0 Å². The van der Waals surface area contributed by atoms with Crippen LogP contribution in [-0.2, 0) is 7.05 Å². The number of amides is 2. The highest BCUT2D eigenvalue weighted by Crippen LogP contribution is 2.26. The zero-order valence-corrected chi connectivity index (χ0v) is 16.6. The summed E-state index contributed by atoms with van der Waals surface area (Å²) in [5.41, 5.74) is 1.88. The summed E-state index contributed by atoms with van der Waals surface area (Å²) in [5, 5.41) is 12.3. The molecular formula is C18H18ClN5O2S. The maximum absolute atomic E-state index is 12.5. The average Bonchev–Trinajstić information content (AvgIpc) is 3.25. The second-order valence-electron chi connectivity index (χ2n) is 6.22. The zero-order valence-electron chi connectivity index (χ0n) is 15.0. The summed E-state index contributed by atoms with van der Waals surface area (Å²) in [7, 11) is 1.81. The van der Waals surface area contributed by atoms with Gasteiger partial charge in [-0.15, -0.1) is 11.3 Å². The normalized spacial score (nSPS) is 10.9. The van der Waals surface area contributed by atoms with E-state index in [1.165, 1.54) is 11.3 Å². The van der Waals surface area contributed by atoms with Crippen molar-refractivity contribution >= 4 is 40.4 Å². The van der Waals surface area contributed by atoms with Gasteiger partial charge in [-0.3, -0.25) is 14.3 Å². The van der Waals surface area contributed by atoms with Gasteiger partial charge in [-0.2, -0.15) is 5.10 Å². The monoisotopic (exact) mass is 403 g/mol. The molecule has 2 aromatic heterocycles. The summed E-state index contributed by atoms with van der Waals surface area (Å²) >= 11 is 7.52. The molecule has 140 valence electrons. The minimum Gasteiger partial charge on any atom is -0.350 e. The number of nitrogens with zero attached hydrogens (tertiary/aromatic N) is 3. The molecule has 2 N–H and O–H groups in total. The third-order valence-corrected chi connectivity index (χ3v) is 4.81. The summed E-state index contributed by atoms with van der Waals surface area (Å²) < 4.78 is 1.67. The van der Waals surface area contributed by atoms with E-state index in [2.05, 4.69) is 20.7 Å². The molecule has 2 amide bonds. The van der Waals surface area contributed by atoms with Crippen molar-refractivity contribution in [3.63, 3.8) is 0 Å². The van der Waals surface area contributed by atoms with Gasteiger partial charge in [0.1, 0.15) is 10.7 Å². The van der Waals surface area contributed by atoms with E-state index in [1.54, 1.807) is 34.5 Å². The molecule has 0 atom stereocenters. The van der Waals surface area contributed by atoms with Crippen LogP contribution in [0.3, 0.4) is 0 Å². The van der Waals surface area contributed by atoms with E-state index < -0.39 is 5.91 Å². The number of hydrogen-bond donors (Lipinski definition) is 2. The molecule has 0 saturated carbocycles. The van der Waals surface area contributed by atoms with E-state index in [0.29, 0.717) is 21.3 Å². The van der Waals surface area contributed by atoms with Crippen LogP contribution in [0.15, 0.2) is 36.0 Å². The van der Waals surface area contributed by atoms with Crippen LogP contribution in [0.2, 0.25) is 5.02 Å². The van der Waals surface area contributed by atoms with Crippen LogP contribution in [0, 0.1) is 0 Å². The van der Waals surface area contributed by atoms with Crippen LogP contribution in [-0.4, -0.2) is 32.6 Å². The third kappa shape index (κ3) is 4.53. The molecule has 3 aromatic rings. The second-order valence-corrected chi connectivity index (χ2v) is 7.48. The number of anilines is 1. The highest BCUT2D eigenvalue weighted by molar-refractivity contribution is 7.13. The van der Waals surface area contributed by atoms with E-state index in [9.17, 15) is 9.59 Å². The molecule has 2 heterocycles. The Bertz CT molecular complexity index is 995. The van der Waals surface area contributed by atoms with Crippen molar-refractivity contribution in [3.8, 4) is 10.6 Å². The van der Waals surface area contributed by atoms with Crippen molar-refractivity contribution in [2.75, 3.05) is 5.32 Å². The lowest BCUT2D eigenvalue weighted by Gasteiger charge is -2.11. The predicted molar refractivity (Wildman–Crippen MR) is 106 cm³/mol. The molecule has 0 saturated heterocycles. The van der Waals surface area contributed by atoms with Gasteiger partial charge in [0.25, 0.3) is 11.8 Å². The molecule has 9 heteroatoms. The molecular weight excluding hydrogens is 386 g/mol. The first-order chi connectivity index (χ1) is 12.8. The van der Waals surface area contributed by atoms with Gasteiger partial charge in [0.15, 0.2) is 0 Å². The number of rotatable bonds is 5. The molecule has 0 aliphatic carbocycles. The quantitative estimate of drug-likeness (QED) is 0.681. The van der Waals surface area contributed by atoms with Crippen molar-refractivity contribution in [1.82, 2.24) is 20.1 Å². The fourth-order valence-corrected chi connectivity index (χ4v) is 3.28. The van der Waals surface area contributed by atoms with Gasteiger partial charge in [-0.05, 0) is 32.0 Å². The number of nitrogens with one attached hydrogen (secondary N) is 2. The lowest BCUT2D eigenvalue weighted by molar-refractivity contribution is 0.0941. The van der Waals surface area contributed by atoms with Gasteiger partial charge in [0.05, 0.1) is 16.9 Å². The molecule has 0 radical (unpaired) electrons. The first-order valence-electron chi connectivity index (χ1n) is 8.20. The molecule has 1 aromatic carbocycles. The molecule has 0 bridgehead atoms. The first-order valence-corrected chi connectivity index (χ1v) is 9.45. The minimum atomic E-state index is -0.398. The van der Waals surface area contributed by atoms with Crippen molar-refractivity contribution in [1.29, 1.82) is 0 Å². The summed E-state index contributed by atoms with van der Waals surface area (Å²) in [4.78, 5) is 29.0. The number of benzene rings is 1. The van der Waals surface area contributed by atoms with E-state index in [1.807, 2.05) is 27.1 Å². The van der Waals surface area contributed by atoms with Gasteiger partial charge in [0.2, 0.25) is 0 Å². The summed E-state index contributed by atoms with van der Waals surface area (Å²) in [6.07, 6.45) is 3.52. The lowest BCUT2D eigenvalue weighted by atomic mass is 10.1. The summed E-state index contributed by atoms with van der Waals surface area (Å²) in [5.74, 6) is -0.630. The van der Waals surface area contributed by atoms with Crippen molar-refractivity contribution < 1.29 is 9.59 Å². The van der Waals surface area contributed by atoms with Gasteiger partial charge < -0.3 is 10.6 Å². The van der Waals surface area contributed by atoms with E-state index in [4.69, 9.17) is 11.6 Å². The molecule has 3 rings (SSSR count). The molecule has 0 aliphatic rings. The summed E-state index contributed by atoms with van der Waals surface area (Å²) in [6.45, 7) is 3.75. The summed E-state index contributed by atoms with van der Waals surface area (Å²) in [6, 6.07) is 4.74. The second kappa shape index (κ2) is 7.89. The Balaban J connectivity index is 1.78. The van der Waals surface area contributed by atoms with Crippen LogP contribution in [0.25, 0.3) is 10.6 Å². The molecule has 7 nitrogen and oxygen atoms in total. The van der Waals surface area contributed by atoms with Crippen LogP contribution >= 0.6 is 22.9 Å². The Labute approximate surface area is 165 Å².